The summed E-state index contributed by atoms with van der Waals surface area (Å²) in [5, 5.41) is 11.9. The minimum absolute atomic E-state index is 0.0308. The molecule has 0 bridgehead atoms. The van der Waals surface area contributed by atoms with Crippen LogP contribution in [0.2, 0.25) is 5.02 Å². The zero-order chi connectivity index (χ0) is 14.0. The highest BCUT2D eigenvalue weighted by Gasteiger charge is 2.14. The van der Waals surface area contributed by atoms with E-state index >= 15 is 0 Å². The Kier molecular flexibility index (Phi) is 4.22. The Bertz CT molecular complexity index is 683. The van der Waals surface area contributed by atoms with Crippen molar-refractivity contribution in [1.29, 1.82) is 5.26 Å². The Hall–Kier alpha value is -1.39. The molecule has 19 heavy (non-hydrogen) atoms. The Labute approximate surface area is 127 Å². The lowest BCUT2D eigenvalue weighted by Gasteiger charge is -2.10. The second kappa shape index (κ2) is 5.72. The highest BCUT2D eigenvalue weighted by molar-refractivity contribution is 14.1. The summed E-state index contributed by atoms with van der Waals surface area (Å²) >= 11 is 7.85. The zero-order valence-electron chi connectivity index (χ0n) is 9.35. The lowest BCUT2D eigenvalue weighted by molar-refractivity contribution is 0.509. The normalized spacial score (nSPS) is 10.1. The molecule has 0 aliphatic carbocycles. The van der Waals surface area contributed by atoms with E-state index in [9.17, 15) is 8.78 Å². The predicted molar refractivity (Wildman–Crippen MR) is 78.5 cm³/mol. The molecule has 0 aliphatic rings. The average Bonchev–Trinajstić information content (AvgIpc) is 2.38. The summed E-state index contributed by atoms with van der Waals surface area (Å²) in [4.78, 5) is 0. The fourth-order valence-corrected chi connectivity index (χ4v) is 2.47. The van der Waals surface area contributed by atoms with Crippen molar-refractivity contribution in [1.82, 2.24) is 0 Å². The number of nitriles is 1. The van der Waals surface area contributed by atoms with E-state index < -0.39 is 11.6 Å². The first-order valence-electron chi connectivity index (χ1n) is 5.13. The number of rotatable bonds is 2. The van der Waals surface area contributed by atoms with Crippen LogP contribution >= 0.6 is 34.2 Å². The SMILES string of the molecule is N#Cc1ccc(Nc2ccc(Cl)cc2I)c(F)c1F. The quantitative estimate of drug-likeness (QED) is 0.745. The lowest BCUT2D eigenvalue weighted by atomic mass is 10.2. The number of nitrogens with one attached hydrogen (secondary N) is 1. The van der Waals surface area contributed by atoms with Gasteiger partial charge in [-0.05, 0) is 52.9 Å². The largest absolute Gasteiger partial charge is 0.352 e. The van der Waals surface area contributed by atoms with E-state index in [1.807, 2.05) is 22.6 Å². The van der Waals surface area contributed by atoms with Crippen molar-refractivity contribution in [3.63, 3.8) is 0 Å². The number of anilines is 2. The van der Waals surface area contributed by atoms with Crippen LogP contribution in [0.25, 0.3) is 0 Å². The van der Waals surface area contributed by atoms with Crippen LogP contribution in [-0.4, -0.2) is 0 Å². The molecular weight excluding hydrogens is 385 g/mol. The topological polar surface area (TPSA) is 35.8 Å². The van der Waals surface area contributed by atoms with Crippen LogP contribution in [0, 0.1) is 26.5 Å². The molecule has 6 heteroatoms. The second-order valence-electron chi connectivity index (χ2n) is 3.65. The molecule has 0 unspecified atom stereocenters. The number of nitrogens with zero attached hydrogens (tertiary/aromatic N) is 1. The van der Waals surface area contributed by atoms with Crippen LogP contribution in [0.3, 0.4) is 0 Å². The Morgan fingerprint density at radius 3 is 2.42 bits per heavy atom. The summed E-state index contributed by atoms with van der Waals surface area (Å²) in [6.45, 7) is 0. The van der Waals surface area contributed by atoms with Crippen molar-refractivity contribution in [2.24, 2.45) is 0 Å². The van der Waals surface area contributed by atoms with Gasteiger partial charge in [-0.25, -0.2) is 8.78 Å². The number of halogens is 4. The maximum absolute atomic E-state index is 13.7. The van der Waals surface area contributed by atoms with Gasteiger partial charge < -0.3 is 5.32 Å². The van der Waals surface area contributed by atoms with Gasteiger partial charge in [-0.15, -0.1) is 0 Å². The summed E-state index contributed by atoms with van der Waals surface area (Å²) in [6.07, 6.45) is 0. The molecule has 2 nitrogen and oxygen atoms in total. The fraction of sp³-hybridized carbons (Fsp3) is 0. The summed E-state index contributed by atoms with van der Waals surface area (Å²) in [5.74, 6) is -2.23. The lowest BCUT2D eigenvalue weighted by Crippen LogP contribution is -1.99. The second-order valence-corrected chi connectivity index (χ2v) is 5.25. The maximum Gasteiger partial charge on any atom is 0.183 e. The van der Waals surface area contributed by atoms with E-state index in [0.717, 1.165) is 3.57 Å². The van der Waals surface area contributed by atoms with Gasteiger partial charge in [0.05, 0.1) is 16.9 Å². The van der Waals surface area contributed by atoms with E-state index in [1.54, 1.807) is 24.3 Å². The van der Waals surface area contributed by atoms with Gasteiger partial charge in [0.1, 0.15) is 6.07 Å². The van der Waals surface area contributed by atoms with Gasteiger partial charge in [-0.2, -0.15) is 5.26 Å². The van der Waals surface area contributed by atoms with Gasteiger partial charge in [-0.1, -0.05) is 11.6 Å². The number of hydrogen-bond acceptors (Lipinski definition) is 2. The molecule has 2 aromatic carbocycles. The molecule has 0 fully saturated rings. The van der Waals surface area contributed by atoms with E-state index in [0.29, 0.717) is 10.7 Å². The first kappa shape index (κ1) is 14.0. The maximum atomic E-state index is 13.7. The van der Waals surface area contributed by atoms with E-state index in [-0.39, 0.29) is 11.3 Å². The summed E-state index contributed by atoms with van der Waals surface area (Å²) in [7, 11) is 0. The van der Waals surface area contributed by atoms with Gasteiger partial charge >= 0.3 is 0 Å². The molecular formula is C13H6ClF2IN2. The Balaban J connectivity index is 2.39. The molecule has 2 rings (SSSR count). The minimum atomic E-state index is -1.16. The van der Waals surface area contributed by atoms with Gasteiger partial charge in [0.25, 0.3) is 0 Å². The third-order valence-electron chi connectivity index (χ3n) is 2.40. The fourth-order valence-electron chi connectivity index (χ4n) is 1.47. The summed E-state index contributed by atoms with van der Waals surface area (Å²) < 4.78 is 28.0. The van der Waals surface area contributed by atoms with Crippen LogP contribution in [0.15, 0.2) is 30.3 Å². The molecule has 0 heterocycles. The molecule has 0 spiro atoms. The summed E-state index contributed by atoms with van der Waals surface area (Å²) in [5.41, 5.74) is 0.249. The highest BCUT2D eigenvalue weighted by atomic mass is 127. The van der Waals surface area contributed by atoms with Crippen molar-refractivity contribution in [2.75, 3.05) is 5.32 Å². The van der Waals surface area contributed by atoms with Gasteiger partial charge in [-0.3, -0.25) is 0 Å². The molecule has 2 aromatic rings. The molecule has 96 valence electrons. The van der Waals surface area contributed by atoms with Gasteiger partial charge in [0, 0.05) is 8.59 Å². The van der Waals surface area contributed by atoms with Crippen molar-refractivity contribution < 1.29 is 8.78 Å². The predicted octanol–water partition coefficient (Wildman–Crippen LogP) is 4.84. The standard InChI is InChI=1S/C13H6ClF2IN2/c14-8-2-4-10(9(17)5-8)19-11-3-1-7(6-18)12(15)13(11)16/h1-5,19H. The molecule has 0 saturated carbocycles. The zero-order valence-corrected chi connectivity index (χ0v) is 12.3. The third kappa shape index (κ3) is 2.96. The Morgan fingerprint density at radius 1 is 1.11 bits per heavy atom. The highest BCUT2D eigenvalue weighted by Crippen LogP contribution is 2.28. The van der Waals surface area contributed by atoms with Gasteiger partial charge in [0.2, 0.25) is 0 Å². The Morgan fingerprint density at radius 2 is 1.79 bits per heavy atom. The molecule has 0 atom stereocenters. The van der Waals surface area contributed by atoms with Crippen molar-refractivity contribution in [2.45, 2.75) is 0 Å². The molecule has 1 N–H and O–H groups in total. The van der Waals surface area contributed by atoms with Crippen LogP contribution in [0.4, 0.5) is 20.2 Å². The minimum Gasteiger partial charge on any atom is -0.352 e. The van der Waals surface area contributed by atoms with Crippen molar-refractivity contribution in [3.8, 4) is 6.07 Å². The molecule has 0 aromatic heterocycles. The van der Waals surface area contributed by atoms with Gasteiger partial charge in [0.15, 0.2) is 11.6 Å². The van der Waals surface area contributed by atoms with Crippen LogP contribution < -0.4 is 5.32 Å². The third-order valence-corrected chi connectivity index (χ3v) is 3.53. The monoisotopic (exact) mass is 390 g/mol. The first-order chi connectivity index (χ1) is 9.02. The average molecular weight is 391 g/mol. The number of benzene rings is 2. The molecule has 0 saturated heterocycles. The van der Waals surface area contributed by atoms with E-state index in [4.69, 9.17) is 16.9 Å². The first-order valence-corrected chi connectivity index (χ1v) is 6.58. The van der Waals surface area contributed by atoms with E-state index in [2.05, 4.69) is 5.32 Å². The smallest absolute Gasteiger partial charge is 0.183 e. The van der Waals surface area contributed by atoms with Crippen LogP contribution in [0.5, 0.6) is 0 Å². The molecule has 0 aliphatic heterocycles. The van der Waals surface area contributed by atoms with Crippen LogP contribution in [-0.2, 0) is 0 Å². The van der Waals surface area contributed by atoms with Crippen LogP contribution in [0.1, 0.15) is 5.56 Å². The molecule has 0 radical (unpaired) electrons. The van der Waals surface area contributed by atoms with E-state index in [1.165, 1.54) is 12.1 Å². The van der Waals surface area contributed by atoms with Crippen molar-refractivity contribution >= 4 is 45.6 Å². The summed E-state index contributed by atoms with van der Waals surface area (Å²) in [6, 6.07) is 9.14. The van der Waals surface area contributed by atoms with Crippen molar-refractivity contribution in [3.05, 3.63) is 56.1 Å². The molecule has 0 amide bonds. The number of hydrogen-bond donors (Lipinski definition) is 1.